The number of fused-ring (bicyclic) bond motifs is 9. The Balaban J connectivity index is 1.69. The number of hydrogen-bond donors (Lipinski definition) is 7. The summed E-state index contributed by atoms with van der Waals surface area (Å²) in [5.74, 6) is -1.69. The number of aromatic nitrogens is 3. The number of allylic oxidation sites excluding steroid dienone is 1. The van der Waals surface area contributed by atoms with Crippen LogP contribution < -0.4 is 26.7 Å². The summed E-state index contributed by atoms with van der Waals surface area (Å²) in [5.41, 5.74) is 10.4. The number of thiol groups is 1. The lowest BCUT2D eigenvalue weighted by atomic mass is 9.92. The molecule has 3 aromatic heterocycles. The van der Waals surface area contributed by atoms with Crippen molar-refractivity contribution in [3.05, 3.63) is 77.4 Å². The summed E-state index contributed by atoms with van der Waals surface area (Å²) in [4.78, 5) is 34.1. The quantitative estimate of drug-likeness (QED) is 0.158. The van der Waals surface area contributed by atoms with Crippen molar-refractivity contribution in [1.29, 1.82) is 0 Å². The topological polar surface area (TPSA) is 134 Å². The highest BCUT2D eigenvalue weighted by Crippen LogP contribution is 2.63. The maximum absolute atomic E-state index is 11.6. The van der Waals surface area contributed by atoms with Crippen LogP contribution in [-0.4, -0.2) is 53.1 Å². The molecule has 3 aliphatic heterocycles. The molecular weight excluding hydrogens is 593 g/mol. The molecule has 44 heavy (non-hydrogen) atoms. The average Bonchev–Trinajstić information content (AvgIpc) is 3.08. The van der Waals surface area contributed by atoms with E-state index in [-0.39, 0.29) is 28.9 Å². The molecule has 10 heteroatoms. The van der Waals surface area contributed by atoms with Crippen molar-refractivity contribution in [1.82, 2.24) is 20.3 Å². The van der Waals surface area contributed by atoms with Gasteiger partial charge in [-0.05, 0) is 111 Å². The van der Waals surface area contributed by atoms with E-state index in [0.29, 0.717) is 18.1 Å². The Morgan fingerprint density at radius 1 is 0.864 bits per heavy atom. The third-order valence-electron chi connectivity index (χ3n) is 9.75. The number of carbonyl (C=O) groups is 2. The highest BCUT2D eigenvalue weighted by molar-refractivity contribution is 8.09. The number of H-pyrrole nitrogens is 3. The van der Waals surface area contributed by atoms with Crippen LogP contribution in [0.4, 0.5) is 0 Å². The molecule has 8 nitrogen and oxygen atoms in total. The van der Waals surface area contributed by atoms with E-state index in [1.54, 1.807) is 0 Å². The zero-order valence-corrected chi connectivity index (χ0v) is 27.6. The predicted octanol–water partition coefficient (Wildman–Crippen LogP) is 2.97. The van der Waals surface area contributed by atoms with Crippen molar-refractivity contribution in [2.45, 2.75) is 88.5 Å². The molecule has 6 heterocycles. The van der Waals surface area contributed by atoms with Crippen molar-refractivity contribution in [2.75, 3.05) is 0 Å². The van der Waals surface area contributed by atoms with E-state index in [1.807, 2.05) is 24.8 Å². The second kappa shape index (κ2) is 11.1. The number of aliphatic carboxylic acids is 2. The van der Waals surface area contributed by atoms with Crippen molar-refractivity contribution in [3.63, 3.8) is 0 Å². The second-order valence-corrected chi connectivity index (χ2v) is 14.8. The van der Waals surface area contributed by atoms with Gasteiger partial charge in [0.25, 0.3) is 0 Å². The standard InChI is InChI=1S/C34H40N4O4S2/c1-15-21(7-9-31(39)40)27-13-28-22(8-10-32(41)42)16(2)25(36-28)14-30-34(20(6)44-34)18(4)26(38-30)12-29-33(19(5)43)17(3)24(37-29)11-23(15)35-27/h11-14,19-20,30,35-38,43H,7-10H2,1-6H3,(H,39,40)(H,41,42)/b24-11-,25-14-,28-13-,29-12-/t19-,20-,30?,34+/m0/s1. The minimum absolute atomic E-state index is 0.00925. The van der Waals surface area contributed by atoms with Gasteiger partial charge in [-0.2, -0.15) is 12.6 Å². The van der Waals surface area contributed by atoms with Crippen LogP contribution in [0.2, 0.25) is 0 Å². The fourth-order valence-electron chi connectivity index (χ4n) is 7.19. The third kappa shape index (κ3) is 5.05. The lowest BCUT2D eigenvalue weighted by Gasteiger charge is -2.16. The zero-order valence-electron chi connectivity index (χ0n) is 25.9. The van der Waals surface area contributed by atoms with Crippen LogP contribution in [0.3, 0.4) is 0 Å². The molecule has 1 unspecified atom stereocenters. The molecule has 0 radical (unpaired) electrons. The first-order valence-corrected chi connectivity index (χ1v) is 16.5. The van der Waals surface area contributed by atoms with Crippen LogP contribution in [0.15, 0.2) is 11.3 Å². The van der Waals surface area contributed by atoms with Crippen LogP contribution in [0.25, 0.3) is 24.3 Å². The Labute approximate surface area is 265 Å². The Morgan fingerprint density at radius 3 is 2.09 bits per heavy atom. The van der Waals surface area contributed by atoms with Gasteiger partial charge in [-0.3, -0.25) is 9.59 Å². The molecule has 4 atom stereocenters. The van der Waals surface area contributed by atoms with Crippen LogP contribution in [0.5, 0.6) is 0 Å². The van der Waals surface area contributed by atoms with Gasteiger partial charge in [-0.15, -0.1) is 11.8 Å². The number of nitrogens with one attached hydrogen (secondary N) is 4. The smallest absolute Gasteiger partial charge is 0.303 e. The van der Waals surface area contributed by atoms with E-state index < -0.39 is 11.9 Å². The Hall–Kier alpha value is -3.50. The van der Waals surface area contributed by atoms with Gasteiger partial charge in [-0.25, -0.2) is 0 Å². The van der Waals surface area contributed by atoms with Crippen LogP contribution in [-0.2, 0) is 22.4 Å². The minimum atomic E-state index is -0.851. The van der Waals surface area contributed by atoms with Gasteiger partial charge < -0.3 is 30.5 Å². The van der Waals surface area contributed by atoms with Crippen molar-refractivity contribution in [2.24, 2.45) is 0 Å². The summed E-state index contributed by atoms with van der Waals surface area (Å²) in [6, 6.07) is 0.0450. The van der Waals surface area contributed by atoms with Gasteiger partial charge in [-0.1, -0.05) is 6.92 Å². The first kappa shape index (κ1) is 30.5. The molecule has 1 saturated heterocycles. The number of aromatic amines is 3. The van der Waals surface area contributed by atoms with Crippen LogP contribution in [0.1, 0.15) is 83.6 Å². The van der Waals surface area contributed by atoms with Gasteiger partial charge in [0.15, 0.2) is 0 Å². The van der Waals surface area contributed by atoms with Crippen LogP contribution in [0, 0.1) is 20.8 Å². The Kier molecular flexibility index (Phi) is 7.73. The maximum Gasteiger partial charge on any atom is 0.303 e. The lowest BCUT2D eigenvalue weighted by Crippen LogP contribution is -2.36. The van der Waals surface area contributed by atoms with E-state index in [0.717, 1.165) is 71.9 Å². The molecule has 3 aliphatic rings. The highest BCUT2D eigenvalue weighted by Gasteiger charge is 2.62. The second-order valence-electron chi connectivity index (χ2n) is 12.4. The minimum Gasteiger partial charge on any atom is -0.481 e. The van der Waals surface area contributed by atoms with E-state index in [1.165, 1.54) is 5.57 Å². The molecule has 0 aromatic carbocycles. The van der Waals surface area contributed by atoms with Gasteiger partial charge in [0.1, 0.15) is 0 Å². The van der Waals surface area contributed by atoms with E-state index >= 15 is 0 Å². The van der Waals surface area contributed by atoms with E-state index in [2.05, 4.69) is 73.1 Å². The van der Waals surface area contributed by atoms with Crippen molar-refractivity contribution in [3.8, 4) is 0 Å². The van der Waals surface area contributed by atoms with Gasteiger partial charge in [0.2, 0.25) is 0 Å². The van der Waals surface area contributed by atoms with E-state index in [4.69, 9.17) is 12.6 Å². The molecule has 1 fully saturated rings. The van der Waals surface area contributed by atoms with Crippen molar-refractivity contribution < 1.29 is 19.8 Å². The number of rotatable bonds is 7. The molecule has 6 N–H and O–H groups in total. The molecule has 0 amide bonds. The van der Waals surface area contributed by atoms with E-state index in [9.17, 15) is 19.8 Å². The first-order chi connectivity index (χ1) is 20.8. The van der Waals surface area contributed by atoms with Gasteiger partial charge in [0, 0.05) is 61.8 Å². The Bertz CT molecular complexity index is 1990. The Morgan fingerprint density at radius 2 is 1.48 bits per heavy atom. The molecule has 0 saturated carbocycles. The third-order valence-corrected chi connectivity index (χ3v) is 11.8. The fourth-order valence-corrected chi connectivity index (χ4v) is 8.93. The largest absolute Gasteiger partial charge is 0.481 e. The summed E-state index contributed by atoms with van der Waals surface area (Å²) in [6.07, 6.45) is 9.41. The highest BCUT2D eigenvalue weighted by atomic mass is 32.2. The molecule has 232 valence electrons. The number of hydrogen-bond acceptors (Lipinski definition) is 5. The molecule has 6 rings (SSSR count). The number of carboxylic acid groups (broad SMARTS) is 2. The lowest BCUT2D eigenvalue weighted by molar-refractivity contribution is -0.138. The summed E-state index contributed by atoms with van der Waals surface area (Å²) in [7, 11) is 0. The molecule has 3 aromatic rings. The molecule has 0 aliphatic carbocycles. The summed E-state index contributed by atoms with van der Waals surface area (Å²) < 4.78 is -0.0547. The average molecular weight is 633 g/mol. The molecular formula is C34H40N4O4S2. The summed E-state index contributed by atoms with van der Waals surface area (Å²) in [6.45, 7) is 12.8. The normalized spacial score (nSPS) is 25.6. The zero-order chi connectivity index (χ0) is 31.7. The molecule has 1 spiro atoms. The molecule has 8 bridgehead atoms. The predicted molar refractivity (Wildman–Crippen MR) is 180 cm³/mol. The van der Waals surface area contributed by atoms with Crippen LogP contribution >= 0.6 is 24.4 Å². The fraction of sp³-hybridized carbons (Fsp3) is 0.412. The number of thioether (sulfide) groups is 1. The van der Waals surface area contributed by atoms with Crippen molar-refractivity contribution >= 4 is 60.6 Å². The maximum atomic E-state index is 11.6. The monoisotopic (exact) mass is 632 g/mol. The first-order valence-electron chi connectivity index (χ1n) is 15.1. The summed E-state index contributed by atoms with van der Waals surface area (Å²) in [5, 5.41) is 27.2. The number of carboxylic acids is 2. The summed E-state index contributed by atoms with van der Waals surface area (Å²) >= 11 is 6.83. The van der Waals surface area contributed by atoms with Gasteiger partial charge in [0.05, 0.1) is 10.8 Å². The van der Waals surface area contributed by atoms with Gasteiger partial charge >= 0.3 is 11.9 Å². The SMILES string of the molecule is CC1=C2/C=c3\[nH]/c(c(C)c3[C@H](C)S)=C\c3[nH]c(c(CCC(=O)O)c3C)/C=c3\[nH]/c(c(C)c3CCC(=O)O)=C\C(N2)[C@@]12S[C@H]2C.